The minimum atomic E-state index is -0.0125. The summed E-state index contributed by atoms with van der Waals surface area (Å²) in [6.45, 7) is 3.89. The number of nitrogens with zero attached hydrogens (tertiary/aromatic N) is 1. The number of Topliss-reactive ketones (excluding diaryl/α,β-unsaturated/α-hetero) is 1. The van der Waals surface area contributed by atoms with Crippen LogP contribution in [-0.4, -0.2) is 10.8 Å². The highest BCUT2D eigenvalue weighted by atomic mass is 35.5. The molecular weight excluding hydrogens is 270 g/mol. The Labute approximate surface area is 114 Å². The summed E-state index contributed by atoms with van der Waals surface area (Å²) in [6.07, 6.45) is 1.79. The molecule has 0 saturated heterocycles. The molecule has 0 amide bonds. The van der Waals surface area contributed by atoms with Gasteiger partial charge in [0.25, 0.3) is 0 Å². The molecule has 0 unspecified atom stereocenters. The number of rotatable bonds is 4. The van der Waals surface area contributed by atoms with Crippen molar-refractivity contribution in [3.8, 4) is 5.75 Å². The van der Waals surface area contributed by atoms with E-state index in [1.165, 1.54) is 6.92 Å². The summed E-state index contributed by atoms with van der Waals surface area (Å²) in [5.41, 5.74) is 0.584. The summed E-state index contributed by atoms with van der Waals surface area (Å²) in [4.78, 5) is 16.4. The number of carbonyl (C=O) groups excluding carboxylic acids is 1. The minimum absolute atomic E-state index is 0.0125. The number of ether oxygens (including phenoxy) is 1. The van der Waals surface area contributed by atoms with Gasteiger partial charge in [-0.05, 0) is 32.0 Å². The summed E-state index contributed by atoms with van der Waals surface area (Å²) < 4.78 is 5.60. The fourth-order valence-electron chi connectivity index (χ4n) is 1.46. The minimum Gasteiger partial charge on any atom is -0.486 e. The van der Waals surface area contributed by atoms with Crippen LogP contribution in [0.2, 0.25) is 5.02 Å². The zero-order valence-electron chi connectivity index (χ0n) is 10.1. The SMILES string of the molecule is CC(=O)c1ccc(OCc2cnc(C)s2)c(Cl)c1. The third-order valence-corrected chi connectivity index (χ3v) is 3.56. The molecule has 0 fully saturated rings. The maximum Gasteiger partial charge on any atom is 0.159 e. The first-order valence-electron chi connectivity index (χ1n) is 5.41. The van der Waals surface area contributed by atoms with Crippen LogP contribution in [0.4, 0.5) is 0 Å². The van der Waals surface area contributed by atoms with E-state index in [0.717, 1.165) is 9.88 Å². The lowest BCUT2D eigenvalue weighted by molar-refractivity contribution is 0.101. The molecule has 0 aliphatic heterocycles. The molecule has 2 aromatic rings. The maximum atomic E-state index is 11.2. The summed E-state index contributed by atoms with van der Waals surface area (Å²) in [7, 11) is 0. The molecule has 18 heavy (non-hydrogen) atoms. The fourth-order valence-corrected chi connectivity index (χ4v) is 2.40. The molecule has 1 aromatic heterocycles. The third kappa shape index (κ3) is 3.09. The largest absolute Gasteiger partial charge is 0.486 e. The topological polar surface area (TPSA) is 39.2 Å². The average molecular weight is 282 g/mol. The van der Waals surface area contributed by atoms with Gasteiger partial charge in [-0.3, -0.25) is 4.79 Å². The zero-order valence-corrected chi connectivity index (χ0v) is 11.6. The Hall–Kier alpha value is -1.39. The van der Waals surface area contributed by atoms with Crippen molar-refractivity contribution in [3.05, 3.63) is 44.9 Å². The molecule has 0 N–H and O–H groups in total. The summed E-state index contributed by atoms with van der Waals surface area (Å²) in [5, 5.41) is 1.45. The van der Waals surface area contributed by atoms with E-state index in [9.17, 15) is 4.79 Å². The van der Waals surface area contributed by atoms with Crippen LogP contribution in [-0.2, 0) is 6.61 Å². The van der Waals surface area contributed by atoms with Crippen molar-refractivity contribution in [2.24, 2.45) is 0 Å². The van der Waals surface area contributed by atoms with Crippen LogP contribution in [0.3, 0.4) is 0 Å². The fraction of sp³-hybridized carbons (Fsp3) is 0.231. The van der Waals surface area contributed by atoms with E-state index in [2.05, 4.69) is 4.98 Å². The molecule has 0 aliphatic rings. The Balaban J connectivity index is 2.08. The quantitative estimate of drug-likeness (QED) is 0.798. The molecule has 1 heterocycles. The first-order valence-corrected chi connectivity index (χ1v) is 6.60. The number of hydrogen-bond donors (Lipinski definition) is 0. The Kier molecular flexibility index (Phi) is 3.99. The van der Waals surface area contributed by atoms with E-state index in [1.807, 2.05) is 6.92 Å². The van der Waals surface area contributed by atoms with E-state index < -0.39 is 0 Å². The molecule has 2 rings (SSSR count). The van der Waals surface area contributed by atoms with Crippen LogP contribution in [0.25, 0.3) is 0 Å². The smallest absolute Gasteiger partial charge is 0.159 e. The summed E-state index contributed by atoms with van der Waals surface area (Å²) >= 11 is 7.64. The van der Waals surface area contributed by atoms with E-state index in [0.29, 0.717) is 22.9 Å². The molecule has 0 radical (unpaired) electrons. The first-order chi connectivity index (χ1) is 8.56. The van der Waals surface area contributed by atoms with Gasteiger partial charge in [-0.25, -0.2) is 4.98 Å². The van der Waals surface area contributed by atoms with Crippen LogP contribution >= 0.6 is 22.9 Å². The highest BCUT2D eigenvalue weighted by Crippen LogP contribution is 2.27. The molecule has 5 heteroatoms. The zero-order chi connectivity index (χ0) is 13.1. The van der Waals surface area contributed by atoms with E-state index >= 15 is 0 Å². The van der Waals surface area contributed by atoms with Gasteiger partial charge in [0.05, 0.1) is 14.9 Å². The Bertz CT molecular complexity index is 580. The lowest BCUT2D eigenvalue weighted by atomic mass is 10.1. The van der Waals surface area contributed by atoms with E-state index in [1.54, 1.807) is 35.7 Å². The Morgan fingerprint density at radius 1 is 1.50 bits per heavy atom. The number of aryl methyl sites for hydroxylation is 1. The van der Waals surface area contributed by atoms with Crippen LogP contribution in [0.5, 0.6) is 5.75 Å². The Morgan fingerprint density at radius 2 is 2.28 bits per heavy atom. The molecule has 0 spiro atoms. The van der Waals surface area contributed by atoms with Gasteiger partial charge >= 0.3 is 0 Å². The van der Waals surface area contributed by atoms with Gasteiger partial charge in [0.15, 0.2) is 5.78 Å². The molecule has 3 nitrogen and oxygen atoms in total. The van der Waals surface area contributed by atoms with Gasteiger partial charge < -0.3 is 4.74 Å². The highest BCUT2D eigenvalue weighted by Gasteiger charge is 2.07. The van der Waals surface area contributed by atoms with E-state index in [-0.39, 0.29) is 5.78 Å². The number of benzene rings is 1. The number of aromatic nitrogens is 1. The van der Waals surface area contributed by atoms with Crippen molar-refractivity contribution in [1.82, 2.24) is 4.98 Å². The van der Waals surface area contributed by atoms with Crippen LogP contribution < -0.4 is 4.74 Å². The monoisotopic (exact) mass is 281 g/mol. The van der Waals surface area contributed by atoms with E-state index in [4.69, 9.17) is 16.3 Å². The molecule has 94 valence electrons. The second-order valence-corrected chi connectivity index (χ2v) is 5.56. The second kappa shape index (κ2) is 5.50. The predicted octanol–water partition coefficient (Wildman–Crippen LogP) is 3.89. The van der Waals surface area contributed by atoms with Crippen LogP contribution in [0.15, 0.2) is 24.4 Å². The highest BCUT2D eigenvalue weighted by molar-refractivity contribution is 7.11. The second-order valence-electron chi connectivity index (χ2n) is 3.84. The van der Waals surface area contributed by atoms with Crippen molar-refractivity contribution >= 4 is 28.7 Å². The number of carbonyl (C=O) groups is 1. The molecule has 0 bridgehead atoms. The number of halogens is 1. The number of ketones is 1. The van der Waals surface area contributed by atoms with Gasteiger partial charge in [0, 0.05) is 11.8 Å². The van der Waals surface area contributed by atoms with Gasteiger partial charge in [-0.15, -0.1) is 11.3 Å². The third-order valence-electron chi connectivity index (χ3n) is 2.38. The van der Waals surface area contributed by atoms with Crippen molar-refractivity contribution in [2.45, 2.75) is 20.5 Å². The van der Waals surface area contributed by atoms with Crippen LogP contribution in [0.1, 0.15) is 27.2 Å². The van der Waals surface area contributed by atoms with Crippen LogP contribution in [0, 0.1) is 6.92 Å². The molecule has 0 aliphatic carbocycles. The van der Waals surface area contributed by atoms with Crippen molar-refractivity contribution in [1.29, 1.82) is 0 Å². The van der Waals surface area contributed by atoms with Gasteiger partial charge in [0.1, 0.15) is 12.4 Å². The summed E-state index contributed by atoms with van der Waals surface area (Å²) in [6, 6.07) is 5.05. The Morgan fingerprint density at radius 3 is 2.83 bits per heavy atom. The average Bonchev–Trinajstić information content (AvgIpc) is 2.73. The molecule has 1 aromatic carbocycles. The summed E-state index contributed by atoms with van der Waals surface area (Å²) in [5.74, 6) is 0.564. The molecular formula is C13H12ClNO2S. The normalized spacial score (nSPS) is 10.4. The number of hydrogen-bond acceptors (Lipinski definition) is 4. The predicted molar refractivity (Wildman–Crippen MR) is 72.6 cm³/mol. The van der Waals surface area contributed by atoms with Crippen molar-refractivity contribution in [3.63, 3.8) is 0 Å². The lowest BCUT2D eigenvalue weighted by Crippen LogP contribution is -1.96. The molecule has 0 saturated carbocycles. The van der Waals surface area contributed by atoms with Crippen molar-refractivity contribution < 1.29 is 9.53 Å². The first kappa shape index (κ1) is 13.1. The van der Waals surface area contributed by atoms with Gasteiger partial charge in [-0.1, -0.05) is 11.6 Å². The lowest BCUT2D eigenvalue weighted by Gasteiger charge is -2.07. The molecule has 0 atom stereocenters. The number of thiazole rings is 1. The van der Waals surface area contributed by atoms with Gasteiger partial charge in [0.2, 0.25) is 0 Å². The maximum absolute atomic E-state index is 11.2. The van der Waals surface area contributed by atoms with Gasteiger partial charge in [-0.2, -0.15) is 0 Å². The van der Waals surface area contributed by atoms with Crippen molar-refractivity contribution in [2.75, 3.05) is 0 Å². The standard InChI is InChI=1S/C13H12ClNO2S/c1-8(16)10-3-4-13(12(14)5-10)17-7-11-6-15-9(2)18-11/h3-6H,7H2,1-2H3.